The predicted octanol–water partition coefficient (Wildman–Crippen LogP) is 1.17. The first-order chi connectivity index (χ1) is 8.83. The lowest BCUT2D eigenvalue weighted by atomic mass is 10.1. The summed E-state index contributed by atoms with van der Waals surface area (Å²) in [6, 6.07) is 0.609. The number of hydrogen-bond acceptors (Lipinski definition) is 4. The molecule has 0 bridgehead atoms. The van der Waals surface area contributed by atoms with Crippen molar-refractivity contribution in [2.45, 2.75) is 52.1 Å². The van der Waals surface area contributed by atoms with E-state index in [1.165, 1.54) is 0 Å². The van der Waals surface area contributed by atoms with Crippen LogP contribution in [-0.2, 0) is 24.1 Å². The zero-order valence-electron chi connectivity index (χ0n) is 11.5. The highest BCUT2D eigenvalue weighted by Crippen LogP contribution is 2.06. The minimum absolute atomic E-state index is 0.609. The standard InChI is InChI=1S/C13H24N4O/c1-3-12-15-13(4-2)17(16-12)8-7-14-11-5-9-18-10-6-11/h11,14H,3-10H2,1-2H3. The molecule has 2 rings (SSSR count). The number of aryl methyl sites for hydroxylation is 2. The van der Waals surface area contributed by atoms with Crippen molar-refractivity contribution in [3.05, 3.63) is 11.6 Å². The quantitative estimate of drug-likeness (QED) is 0.826. The first-order valence-electron chi connectivity index (χ1n) is 7.07. The molecule has 0 radical (unpaired) electrons. The van der Waals surface area contributed by atoms with Gasteiger partial charge in [-0.3, -0.25) is 0 Å². The number of ether oxygens (including phenoxy) is 1. The maximum Gasteiger partial charge on any atom is 0.150 e. The summed E-state index contributed by atoms with van der Waals surface area (Å²) in [5.41, 5.74) is 0. The van der Waals surface area contributed by atoms with Gasteiger partial charge in [-0.1, -0.05) is 13.8 Å². The van der Waals surface area contributed by atoms with Crippen LogP contribution in [0.5, 0.6) is 0 Å². The van der Waals surface area contributed by atoms with Crippen LogP contribution in [0.3, 0.4) is 0 Å². The number of nitrogens with zero attached hydrogens (tertiary/aromatic N) is 3. The Morgan fingerprint density at radius 3 is 2.72 bits per heavy atom. The number of hydrogen-bond donors (Lipinski definition) is 1. The molecule has 0 unspecified atom stereocenters. The average Bonchev–Trinajstić information content (AvgIpc) is 2.82. The van der Waals surface area contributed by atoms with Crippen molar-refractivity contribution in [2.75, 3.05) is 19.8 Å². The van der Waals surface area contributed by atoms with Gasteiger partial charge in [-0.15, -0.1) is 0 Å². The minimum Gasteiger partial charge on any atom is -0.381 e. The van der Waals surface area contributed by atoms with E-state index in [1.54, 1.807) is 0 Å². The van der Waals surface area contributed by atoms with Crippen LogP contribution in [0, 0.1) is 0 Å². The van der Waals surface area contributed by atoms with E-state index in [0.717, 1.165) is 63.6 Å². The molecule has 1 aromatic rings. The number of nitrogens with one attached hydrogen (secondary N) is 1. The highest BCUT2D eigenvalue weighted by molar-refractivity contribution is 4.92. The third kappa shape index (κ3) is 3.53. The Labute approximate surface area is 109 Å². The maximum atomic E-state index is 5.35. The topological polar surface area (TPSA) is 52.0 Å². The second-order valence-electron chi connectivity index (χ2n) is 4.72. The molecule has 2 heterocycles. The largest absolute Gasteiger partial charge is 0.381 e. The van der Waals surface area contributed by atoms with Gasteiger partial charge in [0.2, 0.25) is 0 Å². The van der Waals surface area contributed by atoms with Crippen LogP contribution in [0.15, 0.2) is 0 Å². The van der Waals surface area contributed by atoms with Crippen molar-refractivity contribution in [3.63, 3.8) is 0 Å². The summed E-state index contributed by atoms with van der Waals surface area (Å²) in [6.45, 7) is 7.88. The van der Waals surface area contributed by atoms with Gasteiger partial charge in [0, 0.05) is 38.6 Å². The molecule has 5 heteroatoms. The highest BCUT2D eigenvalue weighted by Gasteiger charge is 2.13. The summed E-state index contributed by atoms with van der Waals surface area (Å²) in [4.78, 5) is 4.52. The van der Waals surface area contributed by atoms with Gasteiger partial charge in [0.15, 0.2) is 5.82 Å². The maximum absolute atomic E-state index is 5.35. The fraction of sp³-hybridized carbons (Fsp3) is 0.846. The molecule has 1 aliphatic rings. The van der Waals surface area contributed by atoms with Crippen LogP contribution in [-0.4, -0.2) is 40.6 Å². The SMILES string of the molecule is CCc1nc(CC)n(CCNC2CCOCC2)n1. The lowest BCUT2D eigenvalue weighted by Crippen LogP contribution is -2.36. The molecular formula is C13H24N4O. The van der Waals surface area contributed by atoms with Crippen molar-refractivity contribution in [1.29, 1.82) is 0 Å². The van der Waals surface area contributed by atoms with Gasteiger partial charge < -0.3 is 10.1 Å². The number of aromatic nitrogens is 3. The predicted molar refractivity (Wildman–Crippen MR) is 70.6 cm³/mol. The molecule has 1 saturated heterocycles. The van der Waals surface area contributed by atoms with E-state index < -0.39 is 0 Å². The minimum atomic E-state index is 0.609. The molecule has 1 fully saturated rings. The highest BCUT2D eigenvalue weighted by atomic mass is 16.5. The molecule has 5 nitrogen and oxygen atoms in total. The Balaban J connectivity index is 1.79. The van der Waals surface area contributed by atoms with Crippen LogP contribution in [0.4, 0.5) is 0 Å². The zero-order valence-corrected chi connectivity index (χ0v) is 11.5. The fourth-order valence-corrected chi connectivity index (χ4v) is 2.29. The van der Waals surface area contributed by atoms with Crippen LogP contribution in [0.1, 0.15) is 38.3 Å². The molecule has 0 aliphatic carbocycles. The van der Waals surface area contributed by atoms with E-state index in [1.807, 2.05) is 4.68 Å². The fourth-order valence-electron chi connectivity index (χ4n) is 2.29. The summed E-state index contributed by atoms with van der Waals surface area (Å²) in [7, 11) is 0. The van der Waals surface area contributed by atoms with Gasteiger partial charge in [-0.25, -0.2) is 9.67 Å². The van der Waals surface area contributed by atoms with E-state index in [0.29, 0.717) is 6.04 Å². The van der Waals surface area contributed by atoms with Crippen molar-refractivity contribution in [1.82, 2.24) is 20.1 Å². The Kier molecular flexibility index (Phi) is 5.13. The zero-order chi connectivity index (χ0) is 12.8. The molecule has 0 aromatic carbocycles. The normalized spacial score (nSPS) is 17.2. The molecule has 0 saturated carbocycles. The van der Waals surface area contributed by atoms with Crippen molar-refractivity contribution in [3.8, 4) is 0 Å². The summed E-state index contributed by atoms with van der Waals surface area (Å²) in [6.07, 6.45) is 4.11. The van der Waals surface area contributed by atoms with Crippen molar-refractivity contribution >= 4 is 0 Å². The van der Waals surface area contributed by atoms with E-state index in [9.17, 15) is 0 Å². The number of rotatable bonds is 6. The van der Waals surface area contributed by atoms with Crippen LogP contribution < -0.4 is 5.32 Å². The first kappa shape index (κ1) is 13.5. The average molecular weight is 252 g/mol. The van der Waals surface area contributed by atoms with E-state index >= 15 is 0 Å². The van der Waals surface area contributed by atoms with Crippen LogP contribution >= 0.6 is 0 Å². The van der Waals surface area contributed by atoms with Crippen molar-refractivity contribution < 1.29 is 4.74 Å². The van der Waals surface area contributed by atoms with Gasteiger partial charge >= 0.3 is 0 Å². The molecule has 0 atom stereocenters. The van der Waals surface area contributed by atoms with Gasteiger partial charge in [0.05, 0.1) is 6.54 Å². The molecule has 1 aliphatic heterocycles. The van der Waals surface area contributed by atoms with Crippen molar-refractivity contribution in [2.24, 2.45) is 0 Å². The first-order valence-corrected chi connectivity index (χ1v) is 7.07. The Morgan fingerprint density at radius 2 is 2.06 bits per heavy atom. The molecule has 1 aromatic heterocycles. The second-order valence-corrected chi connectivity index (χ2v) is 4.72. The molecule has 102 valence electrons. The van der Waals surface area contributed by atoms with Gasteiger partial charge in [0.1, 0.15) is 5.82 Å². The molecule has 0 amide bonds. The Morgan fingerprint density at radius 1 is 1.28 bits per heavy atom. The summed E-state index contributed by atoms with van der Waals surface area (Å²) in [5.74, 6) is 2.05. The monoisotopic (exact) mass is 252 g/mol. The summed E-state index contributed by atoms with van der Waals surface area (Å²) >= 11 is 0. The van der Waals surface area contributed by atoms with E-state index in [2.05, 4.69) is 29.2 Å². The third-order valence-electron chi connectivity index (χ3n) is 3.40. The van der Waals surface area contributed by atoms with Gasteiger partial charge in [0.25, 0.3) is 0 Å². The summed E-state index contributed by atoms with van der Waals surface area (Å²) < 4.78 is 7.40. The lowest BCUT2D eigenvalue weighted by Gasteiger charge is -2.23. The van der Waals surface area contributed by atoms with Gasteiger partial charge in [-0.2, -0.15) is 5.10 Å². The molecule has 1 N–H and O–H groups in total. The Hall–Kier alpha value is -0.940. The van der Waals surface area contributed by atoms with E-state index in [-0.39, 0.29) is 0 Å². The van der Waals surface area contributed by atoms with Gasteiger partial charge in [-0.05, 0) is 12.8 Å². The molecule has 0 spiro atoms. The summed E-state index contributed by atoms with van der Waals surface area (Å²) in [5, 5.41) is 8.10. The molecular weight excluding hydrogens is 228 g/mol. The Bertz CT molecular complexity index is 358. The third-order valence-corrected chi connectivity index (χ3v) is 3.40. The van der Waals surface area contributed by atoms with Crippen LogP contribution in [0.25, 0.3) is 0 Å². The lowest BCUT2D eigenvalue weighted by molar-refractivity contribution is 0.0778. The molecule has 18 heavy (non-hydrogen) atoms. The van der Waals surface area contributed by atoms with E-state index in [4.69, 9.17) is 4.74 Å². The second kappa shape index (κ2) is 6.85. The smallest absolute Gasteiger partial charge is 0.150 e. The van der Waals surface area contributed by atoms with Crippen LogP contribution in [0.2, 0.25) is 0 Å².